The van der Waals surface area contributed by atoms with Crippen LogP contribution in [0.5, 0.6) is 0 Å². The number of nitrogens with two attached hydrogens (primary N) is 1. The fraction of sp³-hybridized carbons (Fsp3) is 0.250. The second-order valence-electron chi connectivity index (χ2n) is 3.65. The van der Waals surface area contributed by atoms with Crippen LogP contribution in [0.25, 0.3) is 10.6 Å². The van der Waals surface area contributed by atoms with Gasteiger partial charge in [-0.25, -0.2) is 4.98 Å². The van der Waals surface area contributed by atoms with Crippen LogP contribution in [-0.4, -0.2) is 11.5 Å². The van der Waals surface area contributed by atoms with Crippen LogP contribution < -0.4 is 5.73 Å². The molecule has 84 valence electrons. The lowest BCUT2D eigenvalue weighted by Gasteiger charge is -2.00. The van der Waals surface area contributed by atoms with Crippen LogP contribution in [0.3, 0.4) is 0 Å². The van der Waals surface area contributed by atoms with E-state index in [1.165, 1.54) is 5.56 Å². The van der Waals surface area contributed by atoms with Crippen LogP contribution in [-0.2, 0) is 6.42 Å². The van der Waals surface area contributed by atoms with Gasteiger partial charge < -0.3 is 5.73 Å². The smallest absolute Gasteiger partial charge is 0.123 e. The van der Waals surface area contributed by atoms with Crippen molar-refractivity contribution in [3.63, 3.8) is 0 Å². The molecular weight excluding hydrogens is 284 g/mol. The SMILES string of the molecule is Cc1ccc(-c2nc(CCN)cs2)cc1Br. The van der Waals surface area contributed by atoms with Crippen molar-refractivity contribution in [3.05, 3.63) is 39.3 Å². The maximum atomic E-state index is 5.51. The van der Waals surface area contributed by atoms with E-state index in [2.05, 4.69) is 51.4 Å². The number of aromatic nitrogens is 1. The first kappa shape index (κ1) is 11.8. The summed E-state index contributed by atoms with van der Waals surface area (Å²) in [4.78, 5) is 4.56. The summed E-state index contributed by atoms with van der Waals surface area (Å²) in [6.45, 7) is 2.73. The van der Waals surface area contributed by atoms with Crippen molar-refractivity contribution < 1.29 is 0 Å². The monoisotopic (exact) mass is 296 g/mol. The predicted octanol–water partition coefficient (Wildman–Crippen LogP) is 3.38. The lowest BCUT2D eigenvalue weighted by Crippen LogP contribution is -2.02. The summed E-state index contributed by atoms with van der Waals surface area (Å²) < 4.78 is 1.13. The fourth-order valence-corrected chi connectivity index (χ4v) is 2.66. The second-order valence-corrected chi connectivity index (χ2v) is 5.36. The van der Waals surface area contributed by atoms with Gasteiger partial charge in [0.15, 0.2) is 0 Å². The highest BCUT2D eigenvalue weighted by Crippen LogP contribution is 2.28. The van der Waals surface area contributed by atoms with Gasteiger partial charge in [-0.1, -0.05) is 28.1 Å². The molecule has 0 aliphatic rings. The molecule has 0 unspecified atom stereocenters. The third kappa shape index (κ3) is 2.51. The van der Waals surface area contributed by atoms with Gasteiger partial charge in [0.05, 0.1) is 5.69 Å². The highest BCUT2D eigenvalue weighted by Gasteiger charge is 2.05. The predicted molar refractivity (Wildman–Crippen MR) is 72.7 cm³/mol. The number of aryl methyl sites for hydroxylation is 1. The first-order valence-corrected chi connectivity index (χ1v) is 6.79. The summed E-state index contributed by atoms with van der Waals surface area (Å²) >= 11 is 5.21. The Labute approximate surface area is 108 Å². The van der Waals surface area contributed by atoms with Gasteiger partial charge in [0.25, 0.3) is 0 Å². The molecule has 2 rings (SSSR count). The zero-order chi connectivity index (χ0) is 11.5. The number of hydrogen-bond donors (Lipinski definition) is 1. The summed E-state index contributed by atoms with van der Waals surface area (Å²) in [7, 11) is 0. The number of rotatable bonds is 3. The van der Waals surface area contributed by atoms with E-state index >= 15 is 0 Å². The Bertz CT molecular complexity index is 494. The van der Waals surface area contributed by atoms with Crippen LogP contribution in [0.1, 0.15) is 11.3 Å². The normalized spacial score (nSPS) is 10.7. The topological polar surface area (TPSA) is 38.9 Å². The third-order valence-corrected chi connectivity index (χ3v) is 4.17. The Kier molecular flexibility index (Phi) is 3.74. The summed E-state index contributed by atoms with van der Waals surface area (Å²) in [5, 5.41) is 3.14. The van der Waals surface area contributed by atoms with Crippen LogP contribution in [0.4, 0.5) is 0 Å². The van der Waals surface area contributed by atoms with Gasteiger partial charge in [-0.2, -0.15) is 0 Å². The molecule has 1 aromatic carbocycles. The second kappa shape index (κ2) is 5.08. The van der Waals surface area contributed by atoms with Crippen LogP contribution >= 0.6 is 27.3 Å². The van der Waals surface area contributed by atoms with Gasteiger partial charge >= 0.3 is 0 Å². The number of halogens is 1. The molecule has 1 heterocycles. The van der Waals surface area contributed by atoms with Crippen molar-refractivity contribution >= 4 is 27.3 Å². The summed E-state index contributed by atoms with van der Waals surface area (Å²) in [6, 6.07) is 6.31. The van der Waals surface area contributed by atoms with Crippen LogP contribution in [0, 0.1) is 6.92 Å². The Hall–Kier alpha value is -0.710. The molecule has 0 spiro atoms. The molecule has 0 fully saturated rings. The van der Waals surface area contributed by atoms with E-state index in [0.717, 1.165) is 27.2 Å². The maximum Gasteiger partial charge on any atom is 0.123 e. The number of hydrogen-bond acceptors (Lipinski definition) is 3. The molecule has 0 aliphatic carbocycles. The minimum absolute atomic E-state index is 0.654. The highest BCUT2D eigenvalue weighted by atomic mass is 79.9. The van der Waals surface area contributed by atoms with E-state index in [1.807, 2.05) is 0 Å². The van der Waals surface area contributed by atoms with Gasteiger partial charge in [-0.05, 0) is 25.1 Å². The van der Waals surface area contributed by atoms with Crippen molar-refractivity contribution in [2.24, 2.45) is 5.73 Å². The van der Waals surface area contributed by atoms with E-state index in [9.17, 15) is 0 Å². The average Bonchev–Trinajstić information content (AvgIpc) is 2.71. The van der Waals surface area contributed by atoms with Gasteiger partial charge in [0.1, 0.15) is 5.01 Å². The molecule has 0 saturated carbocycles. The first-order chi connectivity index (χ1) is 7.70. The highest BCUT2D eigenvalue weighted by molar-refractivity contribution is 9.10. The van der Waals surface area contributed by atoms with E-state index in [4.69, 9.17) is 5.73 Å². The van der Waals surface area contributed by atoms with Crippen molar-refractivity contribution in [3.8, 4) is 10.6 Å². The van der Waals surface area contributed by atoms with Gasteiger partial charge in [-0.15, -0.1) is 11.3 Å². The largest absolute Gasteiger partial charge is 0.330 e. The van der Waals surface area contributed by atoms with E-state index < -0.39 is 0 Å². The Morgan fingerprint density at radius 2 is 2.25 bits per heavy atom. The van der Waals surface area contributed by atoms with Crippen molar-refractivity contribution in [1.82, 2.24) is 4.98 Å². The number of nitrogens with zero attached hydrogens (tertiary/aromatic N) is 1. The zero-order valence-electron chi connectivity index (χ0n) is 9.03. The Morgan fingerprint density at radius 1 is 1.44 bits per heavy atom. The molecular formula is C12H13BrN2S. The third-order valence-electron chi connectivity index (χ3n) is 2.37. The zero-order valence-corrected chi connectivity index (χ0v) is 11.4. The van der Waals surface area contributed by atoms with E-state index in [1.54, 1.807) is 11.3 Å². The molecule has 1 aromatic heterocycles. The lowest BCUT2D eigenvalue weighted by atomic mass is 10.2. The van der Waals surface area contributed by atoms with Crippen LogP contribution in [0.2, 0.25) is 0 Å². The summed E-state index contributed by atoms with van der Waals surface area (Å²) in [5.41, 5.74) is 8.99. The fourth-order valence-electron chi connectivity index (χ4n) is 1.43. The molecule has 0 bridgehead atoms. The van der Waals surface area contributed by atoms with Crippen molar-refractivity contribution in [1.29, 1.82) is 0 Å². The minimum Gasteiger partial charge on any atom is -0.330 e. The van der Waals surface area contributed by atoms with Crippen molar-refractivity contribution in [2.45, 2.75) is 13.3 Å². The minimum atomic E-state index is 0.654. The van der Waals surface area contributed by atoms with Gasteiger partial charge in [0, 0.05) is 21.8 Å². The Morgan fingerprint density at radius 3 is 2.94 bits per heavy atom. The molecule has 0 aliphatic heterocycles. The lowest BCUT2D eigenvalue weighted by molar-refractivity contribution is 0.936. The molecule has 16 heavy (non-hydrogen) atoms. The molecule has 0 atom stereocenters. The molecule has 0 saturated heterocycles. The molecule has 4 heteroatoms. The molecule has 2 N–H and O–H groups in total. The van der Waals surface area contributed by atoms with Gasteiger partial charge in [0.2, 0.25) is 0 Å². The number of thiazole rings is 1. The molecule has 0 radical (unpaired) electrons. The van der Waals surface area contributed by atoms with Crippen LogP contribution in [0.15, 0.2) is 28.1 Å². The summed E-state index contributed by atoms with van der Waals surface area (Å²) in [6.07, 6.45) is 0.851. The quantitative estimate of drug-likeness (QED) is 0.943. The first-order valence-electron chi connectivity index (χ1n) is 5.11. The molecule has 0 amide bonds. The Balaban J connectivity index is 2.31. The maximum absolute atomic E-state index is 5.51. The number of benzene rings is 1. The van der Waals surface area contributed by atoms with E-state index in [0.29, 0.717) is 6.54 Å². The average molecular weight is 297 g/mol. The van der Waals surface area contributed by atoms with Crippen molar-refractivity contribution in [2.75, 3.05) is 6.54 Å². The van der Waals surface area contributed by atoms with E-state index in [-0.39, 0.29) is 0 Å². The standard InChI is InChI=1S/C12H13BrN2S/c1-8-2-3-9(6-11(8)13)12-15-10(4-5-14)7-16-12/h2-3,6-7H,4-5,14H2,1H3. The van der Waals surface area contributed by atoms with Gasteiger partial charge in [-0.3, -0.25) is 0 Å². The molecule has 2 aromatic rings. The molecule has 2 nitrogen and oxygen atoms in total. The summed E-state index contributed by atoms with van der Waals surface area (Å²) in [5.74, 6) is 0.